The molecule has 5 nitrogen and oxygen atoms in total. The number of aromatic nitrogens is 4. The molecule has 2 aromatic heterocycles. The minimum atomic E-state index is 0.606. The summed E-state index contributed by atoms with van der Waals surface area (Å²) in [6.07, 6.45) is 7.43. The van der Waals surface area contributed by atoms with Crippen LogP contribution in [-0.2, 0) is 6.54 Å². The Bertz CT molecular complexity index is 824. The zero-order valence-corrected chi connectivity index (χ0v) is 15.8. The first-order valence-electron chi connectivity index (χ1n) is 8.65. The lowest BCUT2D eigenvalue weighted by Crippen LogP contribution is -1.98. The SMILES string of the molecule is Cc1ccc(-c2nnc(SCCCCCn3cc(C)cn3)o2)c(C)c1. The van der Waals surface area contributed by atoms with Gasteiger partial charge in [-0.05, 0) is 50.8 Å². The van der Waals surface area contributed by atoms with Gasteiger partial charge >= 0.3 is 0 Å². The molecule has 0 aliphatic carbocycles. The average molecular weight is 356 g/mol. The highest BCUT2D eigenvalue weighted by Gasteiger charge is 2.11. The first kappa shape index (κ1) is 17.7. The van der Waals surface area contributed by atoms with Crippen molar-refractivity contribution >= 4 is 11.8 Å². The van der Waals surface area contributed by atoms with Crippen LogP contribution in [0.15, 0.2) is 40.2 Å². The molecular weight excluding hydrogens is 332 g/mol. The van der Waals surface area contributed by atoms with E-state index in [-0.39, 0.29) is 0 Å². The standard InChI is InChI=1S/C19H24N4OS/c1-14-7-8-17(16(3)11-14)18-21-22-19(24-18)25-10-6-4-5-9-23-13-15(2)12-20-23/h7-8,11-13H,4-6,9-10H2,1-3H3. The second-order valence-corrected chi connectivity index (χ2v) is 7.43. The highest BCUT2D eigenvalue weighted by Crippen LogP contribution is 2.26. The normalized spacial score (nSPS) is 11.2. The summed E-state index contributed by atoms with van der Waals surface area (Å²) in [6.45, 7) is 7.20. The lowest BCUT2D eigenvalue weighted by atomic mass is 10.1. The number of hydrogen-bond donors (Lipinski definition) is 0. The summed E-state index contributed by atoms with van der Waals surface area (Å²) in [6, 6.07) is 6.25. The Morgan fingerprint density at radius 2 is 1.92 bits per heavy atom. The van der Waals surface area contributed by atoms with Gasteiger partial charge in [-0.3, -0.25) is 4.68 Å². The lowest BCUT2D eigenvalue weighted by molar-refractivity contribution is 0.465. The third-order valence-corrected chi connectivity index (χ3v) is 4.94. The van der Waals surface area contributed by atoms with Crippen LogP contribution < -0.4 is 0 Å². The van der Waals surface area contributed by atoms with Gasteiger partial charge in [-0.2, -0.15) is 5.10 Å². The van der Waals surface area contributed by atoms with Crippen molar-refractivity contribution in [3.05, 3.63) is 47.3 Å². The maximum absolute atomic E-state index is 5.80. The summed E-state index contributed by atoms with van der Waals surface area (Å²) < 4.78 is 7.81. The Labute approximate surface area is 152 Å². The van der Waals surface area contributed by atoms with Crippen molar-refractivity contribution < 1.29 is 4.42 Å². The topological polar surface area (TPSA) is 56.7 Å². The Morgan fingerprint density at radius 1 is 1.04 bits per heavy atom. The van der Waals surface area contributed by atoms with E-state index in [1.165, 1.54) is 17.5 Å². The number of thioether (sulfide) groups is 1. The molecule has 0 N–H and O–H groups in total. The van der Waals surface area contributed by atoms with Gasteiger partial charge in [0.25, 0.3) is 5.22 Å². The Hall–Kier alpha value is -2.08. The van der Waals surface area contributed by atoms with Crippen molar-refractivity contribution in [3.8, 4) is 11.5 Å². The van der Waals surface area contributed by atoms with Crippen molar-refractivity contribution in [1.82, 2.24) is 20.0 Å². The van der Waals surface area contributed by atoms with Crippen LogP contribution in [0.25, 0.3) is 11.5 Å². The van der Waals surface area contributed by atoms with Gasteiger partial charge < -0.3 is 4.42 Å². The second kappa shape index (κ2) is 8.34. The Balaban J connectivity index is 1.41. The van der Waals surface area contributed by atoms with Gasteiger partial charge in [0.1, 0.15) is 0 Å². The third-order valence-electron chi connectivity index (χ3n) is 4.04. The number of unbranched alkanes of at least 4 members (excludes halogenated alkanes) is 2. The average Bonchev–Trinajstić information content (AvgIpc) is 3.20. The fourth-order valence-corrected chi connectivity index (χ4v) is 3.49. The van der Waals surface area contributed by atoms with Crippen LogP contribution in [0.5, 0.6) is 0 Å². The fraction of sp³-hybridized carbons (Fsp3) is 0.421. The minimum Gasteiger partial charge on any atom is -0.411 e. The number of hydrogen-bond acceptors (Lipinski definition) is 5. The predicted octanol–water partition coefficient (Wildman–Crippen LogP) is 4.82. The largest absolute Gasteiger partial charge is 0.411 e. The summed E-state index contributed by atoms with van der Waals surface area (Å²) in [5.41, 5.74) is 4.63. The fourth-order valence-electron chi connectivity index (χ4n) is 2.73. The first-order valence-corrected chi connectivity index (χ1v) is 9.63. The van der Waals surface area contributed by atoms with Crippen LogP contribution in [0.4, 0.5) is 0 Å². The summed E-state index contributed by atoms with van der Waals surface area (Å²) in [5.74, 6) is 1.60. The summed E-state index contributed by atoms with van der Waals surface area (Å²) >= 11 is 1.63. The highest BCUT2D eigenvalue weighted by molar-refractivity contribution is 7.99. The Morgan fingerprint density at radius 3 is 2.68 bits per heavy atom. The van der Waals surface area contributed by atoms with Crippen LogP contribution in [0, 0.1) is 20.8 Å². The number of aryl methyl sites for hydroxylation is 4. The van der Waals surface area contributed by atoms with Gasteiger partial charge in [-0.1, -0.05) is 35.9 Å². The molecule has 3 rings (SSSR count). The molecule has 0 bridgehead atoms. The van der Waals surface area contributed by atoms with E-state index >= 15 is 0 Å². The summed E-state index contributed by atoms with van der Waals surface area (Å²) in [5, 5.41) is 13.3. The molecule has 0 saturated heterocycles. The third kappa shape index (κ3) is 4.95. The number of nitrogens with zero attached hydrogens (tertiary/aromatic N) is 4. The summed E-state index contributed by atoms with van der Waals surface area (Å²) in [4.78, 5) is 0. The second-order valence-electron chi connectivity index (χ2n) is 6.38. The van der Waals surface area contributed by atoms with Crippen LogP contribution in [-0.4, -0.2) is 25.7 Å². The van der Waals surface area contributed by atoms with Crippen molar-refractivity contribution in [2.45, 2.75) is 51.8 Å². The monoisotopic (exact) mass is 356 g/mol. The maximum Gasteiger partial charge on any atom is 0.276 e. The maximum atomic E-state index is 5.80. The van der Waals surface area contributed by atoms with Gasteiger partial charge in [0.15, 0.2) is 0 Å². The lowest BCUT2D eigenvalue weighted by Gasteiger charge is -2.02. The van der Waals surface area contributed by atoms with Crippen LogP contribution in [0.2, 0.25) is 0 Å². The van der Waals surface area contributed by atoms with E-state index in [1.54, 1.807) is 11.8 Å². The van der Waals surface area contributed by atoms with Crippen molar-refractivity contribution in [3.63, 3.8) is 0 Å². The molecular formula is C19H24N4OS. The van der Waals surface area contributed by atoms with Crippen LogP contribution in [0.1, 0.15) is 36.0 Å². The molecule has 0 radical (unpaired) electrons. The zero-order valence-electron chi connectivity index (χ0n) is 15.0. The van der Waals surface area contributed by atoms with Crippen molar-refractivity contribution in [2.75, 3.05) is 5.75 Å². The first-order chi connectivity index (χ1) is 12.1. The molecule has 25 heavy (non-hydrogen) atoms. The van der Waals surface area contributed by atoms with Gasteiger partial charge in [0.05, 0.1) is 6.20 Å². The van der Waals surface area contributed by atoms with E-state index in [1.807, 2.05) is 16.9 Å². The minimum absolute atomic E-state index is 0.606. The molecule has 3 aromatic rings. The molecule has 2 heterocycles. The molecule has 0 amide bonds. The van der Waals surface area contributed by atoms with E-state index < -0.39 is 0 Å². The number of rotatable bonds is 8. The molecule has 6 heteroatoms. The Kier molecular flexibility index (Phi) is 5.91. The van der Waals surface area contributed by atoms with E-state index in [9.17, 15) is 0 Å². The molecule has 0 spiro atoms. The molecule has 0 aliphatic rings. The van der Waals surface area contributed by atoms with Crippen LogP contribution >= 0.6 is 11.8 Å². The van der Waals surface area contributed by atoms with Crippen molar-refractivity contribution in [1.29, 1.82) is 0 Å². The molecule has 0 atom stereocenters. The van der Waals surface area contributed by atoms with Gasteiger partial charge in [0, 0.05) is 24.1 Å². The smallest absolute Gasteiger partial charge is 0.276 e. The van der Waals surface area contributed by atoms with Crippen molar-refractivity contribution in [2.24, 2.45) is 0 Å². The quantitative estimate of drug-likeness (QED) is 0.428. The molecule has 1 aromatic carbocycles. The zero-order chi connectivity index (χ0) is 17.6. The molecule has 0 unspecified atom stereocenters. The highest BCUT2D eigenvalue weighted by atomic mass is 32.2. The predicted molar refractivity (Wildman–Crippen MR) is 101 cm³/mol. The van der Waals surface area contributed by atoms with Crippen LogP contribution in [0.3, 0.4) is 0 Å². The van der Waals surface area contributed by atoms with Gasteiger partial charge in [0.2, 0.25) is 5.89 Å². The number of benzene rings is 1. The van der Waals surface area contributed by atoms with Gasteiger partial charge in [-0.25, -0.2) is 0 Å². The molecule has 0 fully saturated rings. The van der Waals surface area contributed by atoms with E-state index in [0.717, 1.165) is 36.3 Å². The van der Waals surface area contributed by atoms with Gasteiger partial charge in [-0.15, -0.1) is 10.2 Å². The van der Waals surface area contributed by atoms with E-state index in [2.05, 4.69) is 54.4 Å². The molecule has 0 saturated carbocycles. The summed E-state index contributed by atoms with van der Waals surface area (Å²) in [7, 11) is 0. The molecule has 0 aliphatic heterocycles. The van der Waals surface area contributed by atoms with E-state index in [4.69, 9.17) is 4.42 Å². The van der Waals surface area contributed by atoms with E-state index in [0.29, 0.717) is 11.1 Å². The molecule has 132 valence electrons.